The van der Waals surface area contributed by atoms with Crippen LogP contribution in [-0.2, 0) is 24.0 Å². The van der Waals surface area contributed by atoms with Gasteiger partial charge in [0.2, 0.25) is 0 Å². The molecule has 0 spiro atoms. The van der Waals surface area contributed by atoms with E-state index in [9.17, 15) is 0 Å². The van der Waals surface area contributed by atoms with Gasteiger partial charge in [-0.1, -0.05) is 46.5 Å². The summed E-state index contributed by atoms with van der Waals surface area (Å²) in [6.07, 6.45) is 6.19. The van der Waals surface area contributed by atoms with Crippen LogP contribution in [0.1, 0.15) is 119 Å². The van der Waals surface area contributed by atoms with Crippen LogP contribution in [0.5, 0.6) is 0 Å². The summed E-state index contributed by atoms with van der Waals surface area (Å²) in [5.74, 6) is 0.694. The van der Waals surface area contributed by atoms with Crippen LogP contribution in [0, 0.1) is 5.92 Å². The van der Waals surface area contributed by atoms with Crippen LogP contribution in [0.15, 0.2) is 12.1 Å². The Morgan fingerprint density at radius 2 is 1.08 bits per heavy atom. The first-order chi connectivity index (χ1) is 17.5. The number of hydrogen-bond donors (Lipinski definition) is 0. The van der Waals surface area contributed by atoms with Gasteiger partial charge in [-0.05, 0) is 91.0 Å². The third kappa shape index (κ3) is 4.50. The lowest BCUT2D eigenvalue weighted by Gasteiger charge is -2.32. The van der Waals surface area contributed by atoms with E-state index in [0.29, 0.717) is 5.92 Å². The molecule has 0 aromatic carbocycles. The van der Waals surface area contributed by atoms with Gasteiger partial charge in [-0.15, -0.1) is 22.7 Å². The Labute approximate surface area is 239 Å². The first kappa shape index (κ1) is 28.9. The SMILES string of the molecule is CCCCC(CC)CC1(C)c2cc(B3OC(C)(C)C(C)(C)O3)sc2-c2sc(B3OC(C)(C)C(C)(C)O3)cc21. The van der Waals surface area contributed by atoms with E-state index in [0.717, 1.165) is 6.42 Å². The van der Waals surface area contributed by atoms with Crippen molar-refractivity contribution in [2.24, 2.45) is 5.92 Å². The highest BCUT2D eigenvalue weighted by molar-refractivity contribution is 7.31. The van der Waals surface area contributed by atoms with Crippen LogP contribution in [0.4, 0.5) is 0 Å². The van der Waals surface area contributed by atoms with E-state index in [-0.39, 0.29) is 42.1 Å². The average molecular weight is 556 g/mol. The molecule has 0 bridgehead atoms. The van der Waals surface area contributed by atoms with Crippen molar-refractivity contribution in [3.05, 3.63) is 23.3 Å². The Morgan fingerprint density at radius 3 is 1.42 bits per heavy atom. The molecular formula is C30H46B2O4S2. The van der Waals surface area contributed by atoms with Crippen molar-refractivity contribution in [1.29, 1.82) is 0 Å². The first-order valence-corrected chi connectivity index (χ1v) is 16.2. The number of fused-ring (bicyclic) bond motifs is 3. The highest BCUT2D eigenvalue weighted by atomic mass is 32.1. The predicted octanol–water partition coefficient (Wildman–Crippen LogP) is 7.30. The van der Waals surface area contributed by atoms with Crippen molar-refractivity contribution in [2.45, 2.75) is 136 Å². The van der Waals surface area contributed by atoms with Gasteiger partial charge in [0, 0.05) is 24.7 Å². The molecule has 2 aromatic heterocycles. The normalized spacial score (nSPS) is 24.6. The Morgan fingerprint density at radius 1 is 0.684 bits per heavy atom. The zero-order valence-electron chi connectivity index (χ0n) is 25.4. The molecular weight excluding hydrogens is 510 g/mol. The van der Waals surface area contributed by atoms with Crippen molar-refractivity contribution < 1.29 is 18.6 Å². The second kappa shape index (κ2) is 9.46. The molecule has 38 heavy (non-hydrogen) atoms. The molecule has 208 valence electrons. The summed E-state index contributed by atoms with van der Waals surface area (Å²) >= 11 is 3.71. The highest BCUT2D eigenvalue weighted by Gasteiger charge is 2.55. The number of unbranched alkanes of at least 4 members (excludes halogenated alkanes) is 1. The van der Waals surface area contributed by atoms with Gasteiger partial charge in [-0.3, -0.25) is 0 Å². The van der Waals surface area contributed by atoms with Gasteiger partial charge in [0.25, 0.3) is 0 Å². The maximum atomic E-state index is 6.48. The second-order valence-corrected chi connectivity index (χ2v) is 16.1. The van der Waals surface area contributed by atoms with E-state index < -0.39 is 0 Å². The summed E-state index contributed by atoms with van der Waals surface area (Å²) in [4.78, 5) is 2.76. The highest BCUT2D eigenvalue weighted by Crippen LogP contribution is 2.56. The van der Waals surface area contributed by atoms with E-state index in [1.54, 1.807) is 0 Å². The molecule has 0 saturated carbocycles. The summed E-state index contributed by atoms with van der Waals surface area (Å²) < 4.78 is 28.3. The maximum absolute atomic E-state index is 6.48. The average Bonchev–Trinajstić information content (AvgIpc) is 3.56. The summed E-state index contributed by atoms with van der Waals surface area (Å²) in [5.41, 5.74) is 1.46. The Bertz CT molecular complexity index is 1080. The predicted molar refractivity (Wildman–Crippen MR) is 163 cm³/mol. The van der Waals surface area contributed by atoms with Crippen LogP contribution < -0.4 is 9.55 Å². The summed E-state index contributed by atoms with van der Waals surface area (Å²) in [6.45, 7) is 24.2. The minimum Gasteiger partial charge on any atom is -0.399 e. The van der Waals surface area contributed by atoms with Crippen molar-refractivity contribution >= 4 is 46.5 Å². The molecule has 0 amide bonds. The molecule has 0 radical (unpaired) electrons. The topological polar surface area (TPSA) is 36.9 Å². The molecule has 2 saturated heterocycles. The quantitative estimate of drug-likeness (QED) is 0.320. The molecule has 3 aliphatic rings. The lowest BCUT2D eigenvalue weighted by molar-refractivity contribution is 0.00578. The lowest BCUT2D eigenvalue weighted by atomic mass is 9.71. The lowest BCUT2D eigenvalue weighted by Crippen LogP contribution is -2.41. The maximum Gasteiger partial charge on any atom is 0.505 e. The molecule has 1 aliphatic carbocycles. The zero-order chi connectivity index (χ0) is 27.9. The van der Waals surface area contributed by atoms with Gasteiger partial charge in [0.1, 0.15) is 0 Å². The number of rotatable bonds is 8. The molecule has 8 heteroatoms. The van der Waals surface area contributed by atoms with Gasteiger partial charge in [-0.25, -0.2) is 0 Å². The Balaban J connectivity index is 1.55. The number of hydrogen-bond acceptors (Lipinski definition) is 6. The van der Waals surface area contributed by atoms with Gasteiger partial charge >= 0.3 is 14.2 Å². The van der Waals surface area contributed by atoms with Crippen molar-refractivity contribution in [2.75, 3.05) is 0 Å². The molecule has 2 fully saturated rings. The van der Waals surface area contributed by atoms with E-state index in [1.165, 1.54) is 56.1 Å². The van der Waals surface area contributed by atoms with Crippen LogP contribution in [0.25, 0.3) is 9.75 Å². The monoisotopic (exact) mass is 556 g/mol. The third-order valence-corrected chi connectivity index (χ3v) is 12.6. The van der Waals surface area contributed by atoms with Crippen LogP contribution >= 0.6 is 22.7 Å². The smallest absolute Gasteiger partial charge is 0.399 e. The standard InChI is InChI=1S/C30H46B2O4S2/c1-12-14-15-19(13-2)18-30(11)20-16-22(31-33-26(3,4)27(5,6)34-31)37-24(20)25-21(30)17-23(38-25)32-35-28(7,8)29(9,10)36-32/h16-17,19H,12-15,18H2,1-11H3. The van der Waals surface area contributed by atoms with Gasteiger partial charge in [-0.2, -0.15) is 0 Å². The van der Waals surface area contributed by atoms with Crippen molar-refractivity contribution in [1.82, 2.24) is 0 Å². The van der Waals surface area contributed by atoms with E-state index in [4.69, 9.17) is 18.6 Å². The fourth-order valence-electron chi connectivity index (χ4n) is 6.01. The Hall–Kier alpha value is -0.630. The van der Waals surface area contributed by atoms with Crippen LogP contribution in [-0.4, -0.2) is 36.6 Å². The fourth-order valence-corrected chi connectivity index (χ4v) is 8.67. The van der Waals surface area contributed by atoms with E-state index >= 15 is 0 Å². The zero-order valence-corrected chi connectivity index (χ0v) is 27.0. The van der Waals surface area contributed by atoms with Gasteiger partial charge in [0.15, 0.2) is 0 Å². The van der Waals surface area contributed by atoms with Gasteiger partial charge < -0.3 is 18.6 Å². The molecule has 2 aromatic rings. The van der Waals surface area contributed by atoms with E-state index in [1.807, 2.05) is 22.7 Å². The second-order valence-electron chi connectivity index (χ2n) is 13.9. The largest absolute Gasteiger partial charge is 0.505 e. The molecule has 0 N–H and O–H groups in total. The minimum atomic E-state index is -0.346. The van der Waals surface area contributed by atoms with Crippen molar-refractivity contribution in [3.63, 3.8) is 0 Å². The summed E-state index contributed by atoms with van der Waals surface area (Å²) in [5, 5.41) is 0. The third-order valence-electron chi connectivity index (χ3n) is 10.1. The summed E-state index contributed by atoms with van der Waals surface area (Å²) in [6, 6.07) is 4.80. The molecule has 2 aliphatic heterocycles. The van der Waals surface area contributed by atoms with Crippen molar-refractivity contribution in [3.8, 4) is 9.75 Å². The first-order valence-electron chi connectivity index (χ1n) is 14.6. The molecule has 1 unspecified atom stereocenters. The molecule has 4 nitrogen and oxygen atoms in total. The minimum absolute atomic E-state index is 0.0458. The number of thiophene rings is 2. The molecule has 4 heterocycles. The van der Waals surface area contributed by atoms with E-state index in [2.05, 4.69) is 88.3 Å². The fraction of sp³-hybridized carbons (Fsp3) is 0.733. The molecule has 5 rings (SSSR count). The van der Waals surface area contributed by atoms with Crippen LogP contribution in [0.2, 0.25) is 0 Å². The van der Waals surface area contributed by atoms with Gasteiger partial charge in [0.05, 0.1) is 22.4 Å². The van der Waals surface area contributed by atoms with Crippen LogP contribution in [0.3, 0.4) is 0 Å². The molecule has 1 atom stereocenters. The summed E-state index contributed by atoms with van der Waals surface area (Å²) in [7, 11) is -0.652. The Kier molecular flexibility index (Phi) is 7.19.